The van der Waals surface area contributed by atoms with E-state index in [-0.39, 0.29) is 16.9 Å². The molecule has 0 fully saturated rings. The molecule has 1 aromatic heterocycles. The number of methoxy groups -OCH3 is 2. The maximum absolute atomic E-state index is 12.2. The lowest BCUT2D eigenvalue weighted by Crippen LogP contribution is -2.11. The van der Waals surface area contributed by atoms with E-state index in [1.165, 1.54) is 25.0 Å². The number of benzene rings is 2. The highest BCUT2D eigenvalue weighted by Crippen LogP contribution is 2.34. The zero-order valence-electron chi connectivity index (χ0n) is 14.8. The van der Waals surface area contributed by atoms with Crippen LogP contribution in [0.3, 0.4) is 0 Å². The summed E-state index contributed by atoms with van der Waals surface area (Å²) in [5, 5.41) is 9.28. The summed E-state index contributed by atoms with van der Waals surface area (Å²) in [6.45, 7) is 0. The summed E-state index contributed by atoms with van der Waals surface area (Å²) in [4.78, 5) is 12.2. The molecular formula is C20H17N3O4. The van der Waals surface area contributed by atoms with Crippen LogP contribution in [0.2, 0.25) is 0 Å². The summed E-state index contributed by atoms with van der Waals surface area (Å²) in [5.41, 5.74) is 6.70. The summed E-state index contributed by atoms with van der Waals surface area (Å²) in [5.74, 6) is 0.996. The van der Waals surface area contributed by atoms with E-state index in [0.29, 0.717) is 22.9 Å². The Hall–Kier alpha value is -3.92. The van der Waals surface area contributed by atoms with Crippen LogP contribution in [0, 0.1) is 11.3 Å². The molecule has 0 radical (unpaired) electrons. The van der Waals surface area contributed by atoms with E-state index in [4.69, 9.17) is 19.9 Å². The van der Waals surface area contributed by atoms with Crippen LogP contribution < -0.4 is 15.2 Å². The summed E-state index contributed by atoms with van der Waals surface area (Å²) in [6.07, 6.45) is 1.46. The largest absolute Gasteiger partial charge is 0.495 e. The number of carbonyl (C=O) groups excluding carboxylic acids is 1. The molecule has 0 amide bonds. The number of nitriles is 1. The number of nitrogens with two attached hydrogens (primary N) is 1. The molecule has 27 heavy (non-hydrogen) atoms. The SMILES string of the molecule is COC(=O)c1c(N)c(C#N)cn1-c1cc(Oc2ccccc2)ccc1OC. The Bertz CT molecular complexity index is 1020. The molecule has 0 atom stereocenters. The van der Waals surface area contributed by atoms with Gasteiger partial charge in [0.15, 0.2) is 5.69 Å². The summed E-state index contributed by atoms with van der Waals surface area (Å²) < 4.78 is 17.5. The molecule has 2 N–H and O–H groups in total. The second-order valence-corrected chi connectivity index (χ2v) is 5.53. The van der Waals surface area contributed by atoms with Gasteiger partial charge >= 0.3 is 5.97 Å². The van der Waals surface area contributed by atoms with Crippen LogP contribution in [0.25, 0.3) is 5.69 Å². The van der Waals surface area contributed by atoms with Crippen molar-refractivity contribution in [3.63, 3.8) is 0 Å². The minimum atomic E-state index is -0.662. The predicted octanol–water partition coefficient (Wildman–Crippen LogP) is 3.52. The number of carbonyl (C=O) groups is 1. The number of nitrogens with zero attached hydrogens (tertiary/aromatic N) is 2. The van der Waals surface area contributed by atoms with Crippen molar-refractivity contribution in [2.24, 2.45) is 0 Å². The van der Waals surface area contributed by atoms with Crippen molar-refractivity contribution < 1.29 is 19.0 Å². The molecule has 3 aromatic rings. The lowest BCUT2D eigenvalue weighted by atomic mass is 10.2. The van der Waals surface area contributed by atoms with Crippen LogP contribution >= 0.6 is 0 Å². The number of esters is 1. The molecule has 7 heteroatoms. The Morgan fingerprint density at radius 2 is 1.85 bits per heavy atom. The topological polar surface area (TPSA) is 99.5 Å². The first kappa shape index (κ1) is 17.9. The van der Waals surface area contributed by atoms with Gasteiger partial charge in [-0.25, -0.2) is 4.79 Å². The third kappa shape index (κ3) is 3.41. The molecule has 0 saturated carbocycles. The Kier molecular flexibility index (Phi) is 4.99. The summed E-state index contributed by atoms with van der Waals surface area (Å²) in [7, 11) is 2.75. The van der Waals surface area contributed by atoms with Crippen LogP contribution in [-0.2, 0) is 4.74 Å². The van der Waals surface area contributed by atoms with Crippen molar-refractivity contribution in [1.82, 2.24) is 4.57 Å². The molecule has 0 unspecified atom stereocenters. The number of nitrogen functional groups attached to an aromatic ring is 1. The highest BCUT2D eigenvalue weighted by atomic mass is 16.5. The molecule has 0 spiro atoms. The average molecular weight is 363 g/mol. The lowest BCUT2D eigenvalue weighted by Gasteiger charge is -2.14. The van der Waals surface area contributed by atoms with Gasteiger partial charge in [-0.1, -0.05) is 18.2 Å². The predicted molar refractivity (Wildman–Crippen MR) is 99.3 cm³/mol. The van der Waals surface area contributed by atoms with Crippen LogP contribution in [0.5, 0.6) is 17.2 Å². The molecule has 3 rings (SSSR count). The van der Waals surface area contributed by atoms with Gasteiger partial charge in [0, 0.05) is 12.3 Å². The summed E-state index contributed by atoms with van der Waals surface area (Å²) >= 11 is 0. The van der Waals surface area contributed by atoms with E-state index < -0.39 is 5.97 Å². The zero-order chi connectivity index (χ0) is 19.4. The lowest BCUT2D eigenvalue weighted by molar-refractivity contribution is 0.0593. The van der Waals surface area contributed by atoms with Gasteiger partial charge < -0.3 is 24.5 Å². The zero-order valence-corrected chi connectivity index (χ0v) is 14.8. The number of rotatable bonds is 5. The van der Waals surface area contributed by atoms with E-state index in [2.05, 4.69) is 0 Å². The fourth-order valence-corrected chi connectivity index (χ4v) is 2.65. The van der Waals surface area contributed by atoms with Gasteiger partial charge in [0.2, 0.25) is 0 Å². The highest BCUT2D eigenvalue weighted by Gasteiger charge is 2.23. The van der Waals surface area contributed by atoms with Crippen molar-refractivity contribution in [3.8, 4) is 29.0 Å². The number of hydrogen-bond donors (Lipinski definition) is 1. The number of ether oxygens (including phenoxy) is 3. The first-order valence-corrected chi connectivity index (χ1v) is 7.99. The van der Waals surface area contributed by atoms with Crippen molar-refractivity contribution in [3.05, 3.63) is 66.0 Å². The molecule has 7 nitrogen and oxygen atoms in total. The van der Waals surface area contributed by atoms with E-state index >= 15 is 0 Å². The third-order valence-corrected chi connectivity index (χ3v) is 3.93. The van der Waals surface area contributed by atoms with Crippen LogP contribution in [0.1, 0.15) is 16.1 Å². The Balaban J connectivity index is 2.14. The van der Waals surface area contributed by atoms with Gasteiger partial charge in [-0.3, -0.25) is 0 Å². The van der Waals surface area contributed by atoms with E-state index in [9.17, 15) is 10.1 Å². The first-order chi connectivity index (χ1) is 13.1. The highest BCUT2D eigenvalue weighted by molar-refractivity contribution is 5.96. The second-order valence-electron chi connectivity index (χ2n) is 5.53. The fourth-order valence-electron chi connectivity index (χ4n) is 2.65. The fraction of sp³-hybridized carbons (Fsp3) is 0.100. The first-order valence-electron chi connectivity index (χ1n) is 7.99. The standard InChI is InChI=1S/C20H17N3O4/c1-25-17-9-8-15(27-14-6-4-3-5-7-14)10-16(17)23-12-13(11-21)18(22)19(23)20(24)26-2/h3-10,12H,22H2,1-2H3. The monoisotopic (exact) mass is 363 g/mol. The normalized spacial score (nSPS) is 10.1. The van der Waals surface area contributed by atoms with Crippen molar-refractivity contribution in [2.75, 3.05) is 20.0 Å². The van der Waals surface area contributed by atoms with Gasteiger partial charge in [-0.2, -0.15) is 5.26 Å². The molecule has 2 aromatic carbocycles. The minimum absolute atomic E-state index is 0.0424. The number of hydrogen-bond acceptors (Lipinski definition) is 6. The van der Waals surface area contributed by atoms with Gasteiger partial charge in [-0.05, 0) is 24.3 Å². The Morgan fingerprint density at radius 1 is 1.11 bits per heavy atom. The maximum atomic E-state index is 12.2. The van der Waals surface area contributed by atoms with Gasteiger partial charge in [0.25, 0.3) is 0 Å². The molecular weight excluding hydrogens is 346 g/mol. The maximum Gasteiger partial charge on any atom is 0.357 e. The van der Waals surface area contributed by atoms with Gasteiger partial charge in [0.1, 0.15) is 23.3 Å². The number of anilines is 1. The van der Waals surface area contributed by atoms with Gasteiger partial charge in [-0.15, -0.1) is 0 Å². The second kappa shape index (κ2) is 7.54. The Morgan fingerprint density at radius 3 is 2.48 bits per heavy atom. The summed E-state index contributed by atoms with van der Waals surface area (Å²) in [6, 6.07) is 16.4. The van der Waals surface area contributed by atoms with Crippen molar-refractivity contribution in [2.45, 2.75) is 0 Å². The Labute approximate surface area is 156 Å². The van der Waals surface area contributed by atoms with Crippen LogP contribution in [-0.4, -0.2) is 24.8 Å². The van der Waals surface area contributed by atoms with Crippen molar-refractivity contribution in [1.29, 1.82) is 5.26 Å². The van der Waals surface area contributed by atoms with E-state index in [1.807, 2.05) is 36.4 Å². The quantitative estimate of drug-likeness (QED) is 0.696. The third-order valence-electron chi connectivity index (χ3n) is 3.93. The number of aromatic nitrogens is 1. The van der Waals surface area contributed by atoms with Crippen molar-refractivity contribution >= 4 is 11.7 Å². The molecule has 0 aliphatic carbocycles. The van der Waals surface area contributed by atoms with Gasteiger partial charge in [0.05, 0.1) is 31.2 Å². The average Bonchev–Trinajstić information content (AvgIpc) is 3.04. The molecule has 1 heterocycles. The minimum Gasteiger partial charge on any atom is -0.495 e. The molecule has 0 aliphatic rings. The van der Waals surface area contributed by atoms with E-state index in [0.717, 1.165) is 0 Å². The number of para-hydroxylation sites is 1. The molecule has 0 aliphatic heterocycles. The molecule has 0 bridgehead atoms. The molecule has 136 valence electrons. The molecule has 0 saturated heterocycles. The van der Waals surface area contributed by atoms with E-state index in [1.54, 1.807) is 18.2 Å². The van der Waals surface area contributed by atoms with Crippen LogP contribution in [0.15, 0.2) is 54.7 Å². The smallest absolute Gasteiger partial charge is 0.357 e. The van der Waals surface area contributed by atoms with Crippen LogP contribution in [0.4, 0.5) is 5.69 Å².